The fourth-order valence-corrected chi connectivity index (χ4v) is 2.04. The molecule has 0 aliphatic heterocycles. The Kier molecular flexibility index (Phi) is 4.27. The summed E-state index contributed by atoms with van der Waals surface area (Å²) in [5, 5.41) is 1.42. The molecule has 18 heavy (non-hydrogen) atoms. The number of nitrogens with zero attached hydrogens (tertiary/aromatic N) is 3. The first kappa shape index (κ1) is 13.4. The van der Waals surface area contributed by atoms with E-state index in [0.717, 1.165) is 23.9 Å². The van der Waals surface area contributed by atoms with Gasteiger partial charge in [-0.15, -0.1) is 0 Å². The van der Waals surface area contributed by atoms with Gasteiger partial charge in [-0.25, -0.2) is 4.98 Å². The van der Waals surface area contributed by atoms with E-state index >= 15 is 0 Å². The molecule has 1 aromatic heterocycles. The average molecular weight is 284 g/mol. The molecule has 96 valence electrons. The second-order valence-corrected chi connectivity index (χ2v) is 5.18. The molecule has 0 unspecified atom stereocenters. The van der Waals surface area contributed by atoms with E-state index in [-0.39, 0.29) is 0 Å². The first-order valence-corrected chi connectivity index (χ1v) is 6.41. The maximum absolute atomic E-state index is 5.96. The van der Waals surface area contributed by atoms with Crippen LogP contribution < -0.4 is 0 Å². The average Bonchev–Trinajstić information content (AvgIpc) is 2.64. The molecule has 0 aliphatic rings. The minimum Gasteiger partial charge on any atom is -0.321 e. The van der Waals surface area contributed by atoms with Crippen molar-refractivity contribution in [1.82, 2.24) is 14.5 Å². The topological polar surface area (TPSA) is 21.1 Å². The summed E-state index contributed by atoms with van der Waals surface area (Å²) in [5.74, 6) is 0.955. The van der Waals surface area contributed by atoms with Crippen LogP contribution in [0.3, 0.4) is 0 Å². The van der Waals surface area contributed by atoms with E-state index in [2.05, 4.69) is 16.9 Å². The van der Waals surface area contributed by atoms with E-state index in [4.69, 9.17) is 23.2 Å². The van der Waals surface area contributed by atoms with Crippen molar-refractivity contribution in [3.8, 4) is 0 Å². The zero-order chi connectivity index (χ0) is 13.1. The molecule has 0 bridgehead atoms. The first-order valence-electron chi connectivity index (χ1n) is 5.65. The van der Waals surface area contributed by atoms with Crippen molar-refractivity contribution in [2.45, 2.75) is 13.1 Å². The molecule has 2 aromatic rings. The Labute approximate surface area is 117 Å². The van der Waals surface area contributed by atoms with Gasteiger partial charge in [-0.3, -0.25) is 4.90 Å². The number of imidazole rings is 1. The van der Waals surface area contributed by atoms with Gasteiger partial charge in [0.15, 0.2) is 0 Å². The van der Waals surface area contributed by atoms with Crippen LogP contribution in [0.15, 0.2) is 30.5 Å². The summed E-state index contributed by atoms with van der Waals surface area (Å²) < 4.78 is 1.89. The van der Waals surface area contributed by atoms with Crippen LogP contribution in [0, 0.1) is 0 Å². The summed E-state index contributed by atoms with van der Waals surface area (Å²) in [5.41, 5.74) is 1.22. The number of aromatic nitrogens is 2. The molecule has 0 aliphatic carbocycles. The standard InChI is InChI=1S/C13H15Cl2N3/c1-17(8-10-3-5-11(14)6-4-10)9-13-16-7-12(15)18(13)2/h3-7H,8-9H2,1-2H3. The number of halogens is 2. The number of benzene rings is 1. The van der Waals surface area contributed by atoms with Gasteiger partial charge < -0.3 is 4.57 Å². The highest BCUT2D eigenvalue weighted by molar-refractivity contribution is 6.30. The van der Waals surface area contributed by atoms with Crippen molar-refractivity contribution < 1.29 is 0 Å². The summed E-state index contributed by atoms with van der Waals surface area (Å²) in [4.78, 5) is 6.46. The van der Waals surface area contributed by atoms with E-state index in [1.807, 2.05) is 35.9 Å². The third kappa shape index (κ3) is 3.25. The van der Waals surface area contributed by atoms with Crippen molar-refractivity contribution in [3.05, 3.63) is 52.0 Å². The van der Waals surface area contributed by atoms with E-state index in [1.165, 1.54) is 5.56 Å². The second-order valence-electron chi connectivity index (χ2n) is 4.35. The van der Waals surface area contributed by atoms with E-state index in [1.54, 1.807) is 6.20 Å². The molecule has 0 N–H and O–H groups in total. The normalized spacial score (nSPS) is 11.2. The maximum atomic E-state index is 5.96. The third-order valence-electron chi connectivity index (χ3n) is 2.80. The Morgan fingerprint density at radius 3 is 2.39 bits per heavy atom. The fourth-order valence-electron chi connectivity index (χ4n) is 1.77. The lowest BCUT2D eigenvalue weighted by Gasteiger charge is -2.16. The van der Waals surface area contributed by atoms with Crippen LogP contribution in [-0.2, 0) is 20.1 Å². The van der Waals surface area contributed by atoms with E-state index < -0.39 is 0 Å². The molecule has 2 rings (SSSR count). The lowest BCUT2D eigenvalue weighted by molar-refractivity contribution is 0.307. The van der Waals surface area contributed by atoms with Crippen LogP contribution in [0.2, 0.25) is 10.2 Å². The van der Waals surface area contributed by atoms with Gasteiger partial charge in [0.1, 0.15) is 11.0 Å². The van der Waals surface area contributed by atoms with Crippen LogP contribution in [0.1, 0.15) is 11.4 Å². The van der Waals surface area contributed by atoms with Crippen LogP contribution in [0.25, 0.3) is 0 Å². The van der Waals surface area contributed by atoms with Gasteiger partial charge in [0.05, 0.1) is 12.7 Å². The Bertz CT molecular complexity index is 520. The van der Waals surface area contributed by atoms with Gasteiger partial charge in [0, 0.05) is 18.6 Å². The monoisotopic (exact) mass is 283 g/mol. The quantitative estimate of drug-likeness (QED) is 0.858. The Morgan fingerprint density at radius 1 is 1.17 bits per heavy atom. The van der Waals surface area contributed by atoms with Gasteiger partial charge in [-0.05, 0) is 24.7 Å². The van der Waals surface area contributed by atoms with Crippen LogP contribution in [0.4, 0.5) is 0 Å². The van der Waals surface area contributed by atoms with Crippen molar-refractivity contribution in [2.24, 2.45) is 7.05 Å². The Hall–Kier alpha value is -1.03. The van der Waals surface area contributed by atoms with Crippen LogP contribution >= 0.6 is 23.2 Å². The van der Waals surface area contributed by atoms with Gasteiger partial charge in [-0.2, -0.15) is 0 Å². The highest BCUT2D eigenvalue weighted by atomic mass is 35.5. The number of hydrogen-bond donors (Lipinski definition) is 0. The minimum atomic E-state index is 0.657. The fraction of sp³-hybridized carbons (Fsp3) is 0.308. The van der Waals surface area contributed by atoms with Crippen molar-refractivity contribution in [2.75, 3.05) is 7.05 Å². The Morgan fingerprint density at radius 2 is 1.83 bits per heavy atom. The SMILES string of the molecule is CN(Cc1ccc(Cl)cc1)Cc1ncc(Cl)n1C. The summed E-state index contributed by atoms with van der Waals surface area (Å²) in [7, 11) is 3.97. The molecule has 0 spiro atoms. The zero-order valence-corrected chi connectivity index (χ0v) is 11.9. The molecule has 0 fully saturated rings. The molecular formula is C13H15Cl2N3. The summed E-state index contributed by atoms with van der Waals surface area (Å²) in [6.07, 6.45) is 1.67. The number of hydrogen-bond acceptors (Lipinski definition) is 2. The minimum absolute atomic E-state index is 0.657. The molecule has 0 saturated heterocycles. The lowest BCUT2D eigenvalue weighted by Crippen LogP contribution is -2.19. The summed E-state index contributed by atoms with van der Waals surface area (Å²) in [6.45, 7) is 1.60. The highest BCUT2D eigenvalue weighted by Gasteiger charge is 2.08. The Balaban J connectivity index is 1.98. The van der Waals surface area contributed by atoms with Gasteiger partial charge in [-0.1, -0.05) is 35.3 Å². The maximum Gasteiger partial charge on any atom is 0.128 e. The van der Waals surface area contributed by atoms with Gasteiger partial charge in [0.2, 0.25) is 0 Å². The predicted octanol–water partition coefficient (Wildman–Crippen LogP) is 3.36. The van der Waals surface area contributed by atoms with Gasteiger partial charge in [0.25, 0.3) is 0 Å². The zero-order valence-electron chi connectivity index (χ0n) is 10.4. The largest absolute Gasteiger partial charge is 0.321 e. The van der Waals surface area contributed by atoms with E-state index in [0.29, 0.717) is 5.15 Å². The van der Waals surface area contributed by atoms with Crippen LogP contribution in [-0.4, -0.2) is 21.5 Å². The molecule has 3 nitrogen and oxygen atoms in total. The molecule has 0 atom stereocenters. The smallest absolute Gasteiger partial charge is 0.128 e. The van der Waals surface area contributed by atoms with Crippen LogP contribution in [0.5, 0.6) is 0 Å². The van der Waals surface area contributed by atoms with Crippen molar-refractivity contribution in [1.29, 1.82) is 0 Å². The molecule has 1 heterocycles. The molecule has 1 aromatic carbocycles. The molecule has 0 amide bonds. The van der Waals surface area contributed by atoms with Crippen molar-refractivity contribution >= 4 is 23.2 Å². The highest BCUT2D eigenvalue weighted by Crippen LogP contribution is 2.14. The summed E-state index contributed by atoms with van der Waals surface area (Å²) >= 11 is 11.8. The second kappa shape index (κ2) is 5.74. The van der Waals surface area contributed by atoms with Gasteiger partial charge >= 0.3 is 0 Å². The molecule has 0 radical (unpaired) electrons. The summed E-state index contributed by atoms with van der Waals surface area (Å²) in [6, 6.07) is 7.87. The molecule has 0 saturated carbocycles. The lowest BCUT2D eigenvalue weighted by atomic mass is 10.2. The van der Waals surface area contributed by atoms with E-state index in [9.17, 15) is 0 Å². The molecule has 5 heteroatoms. The van der Waals surface area contributed by atoms with Crippen molar-refractivity contribution in [3.63, 3.8) is 0 Å². The molecular weight excluding hydrogens is 269 g/mol. The number of rotatable bonds is 4. The third-order valence-corrected chi connectivity index (χ3v) is 3.41. The first-order chi connectivity index (χ1) is 8.56. The predicted molar refractivity (Wildman–Crippen MR) is 74.8 cm³/mol.